The molecule has 2 aromatic rings. The molecular weight excluding hydrogens is 362 g/mol. The molecule has 142 valence electrons. The Morgan fingerprint density at radius 3 is 2.81 bits per heavy atom. The van der Waals surface area contributed by atoms with Crippen LogP contribution < -0.4 is 10.1 Å². The molecule has 3 rings (SSSR count). The summed E-state index contributed by atoms with van der Waals surface area (Å²) >= 11 is 6.16. The molecule has 0 aliphatic carbocycles. The molecular formula is C21H24ClN3O2. The number of methoxy groups -OCH3 is 1. The molecule has 2 amide bonds. The maximum Gasteiger partial charge on any atom is 0.321 e. The van der Waals surface area contributed by atoms with E-state index < -0.39 is 0 Å². The Morgan fingerprint density at radius 2 is 2.19 bits per heavy atom. The number of carbonyl (C=O) groups excluding carboxylic acids is 1. The van der Waals surface area contributed by atoms with Crippen LogP contribution in [0.3, 0.4) is 0 Å². The molecule has 5 nitrogen and oxygen atoms in total. The third-order valence-electron chi connectivity index (χ3n) is 4.70. The predicted molar refractivity (Wildman–Crippen MR) is 109 cm³/mol. The second-order valence-electron chi connectivity index (χ2n) is 6.90. The van der Waals surface area contributed by atoms with Crippen molar-refractivity contribution >= 4 is 29.4 Å². The first-order valence-electron chi connectivity index (χ1n) is 8.98. The van der Waals surface area contributed by atoms with E-state index in [1.807, 2.05) is 24.0 Å². The number of halogens is 1. The summed E-state index contributed by atoms with van der Waals surface area (Å²) < 4.78 is 5.03. The highest BCUT2D eigenvalue weighted by Gasteiger charge is 2.24. The molecule has 1 aromatic carbocycles. The van der Waals surface area contributed by atoms with Gasteiger partial charge in [0.2, 0.25) is 5.88 Å². The zero-order chi connectivity index (χ0) is 19.4. The number of nitrogens with zero attached hydrogens (tertiary/aromatic N) is 2. The topological polar surface area (TPSA) is 54.5 Å². The fraction of sp³-hybridized carbons (Fsp3) is 0.333. The third kappa shape index (κ3) is 5.01. The Labute approximate surface area is 165 Å². The first-order valence-corrected chi connectivity index (χ1v) is 9.36. The number of amides is 2. The number of hydrogen-bond acceptors (Lipinski definition) is 3. The molecule has 1 aliphatic heterocycles. The molecule has 27 heavy (non-hydrogen) atoms. The zero-order valence-corrected chi connectivity index (χ0v) is 16.6. The summed E-state index contributed by atoms with van der Waals surface area (Å²) in [5.41, 5.74) is 4.26. The third-order valence-corrected chi connectivity index (χ3v) is 4.92. The number of aryl methyl sites for hydroxylation is 1. The number of benzene rings is 1. The van der Waals surface area contributed by atoms with Gasteiger partial charge in [0, 0.05) is 24.2 Å². The van der Waals surface area contributed by atoms with E-state index in [0.29, 0.717) is 24.7 Å². The fourth-order valence-corrected chi connectivity index (χ4v) is 3.59. The molecule has 1 atom stereocenters. The maximum absolute atomic E-state index is 12.5. The summed E-state index contributed by atoms with van der Waals surface area (Å²) in [6, 6.07) is 9.46. The van der Waals surface area contributed by atoms with E-state index >= 15 is 0 Å². The molecule has 6 heteroatoms. The summed E-state index contributed by atoms with van der Waals surface area (Å²) in [5.74, 6) is 0.809. The van der Waals surface area contributed by atoms with Crippen molar-refractivity contribution in [1.29, 1.82) is 0 Å². The van der Waals surface area contributed by atoms with Crippen LogP contribution in [0.2, 0.25) is 5.02 Å². The summed E-state index contributed by atoms with van der Waals surface area (Å²) in [5, 5.41) is 3.64. The highest BCUT2D eigenvalue weighted by molar-refractivity contribution is 6.30. The minimum absolute atomic E-state index is 0.105. The van der Waals surface area contributed by atoms with Gasteiger partial charge in [-0.05, 0) is 48.6 Å². The molecule has 2 heterocycles. The standard InChI is InChI=1S/C21H24ClN3O2/c1-14-8-16(11-18(22)9-14)10-17-6-7-25(13-15(17)2)21(26)24-19-4-5-20(27-3)23-12-19/h4-5,8-12,15H,6-7,13H2,1-3H3,(H,24,26). The number of likely N-dealkylation sites (tertiary alicyclic amines) is 1. The summed E-state index contributed by atoms with van der Waals surface area (Å²) in [4.78, 5) is 18.5. The Morgan fingerprint density at radius 1 is 1.37 bits per heavy atom. The summed E-state index contributed by atoms with van der Waals surface area (Å²) in [7, 11) is 1.56. The highest BCUT2D eigenvalue weighted by atomic mass is 35.5. The molecule has 1 aliphatic rings. The van der Waals surface area contributed by atoms with Gasteiger partial charge in [0.25, 0.3) is 0 Å². The molecule has 1 fully saturated rings. The van der Waals surface area contributed by atoms with Gasteiger partial charge < -0.3 is 15.0 Å². The van der Waals surface area contributed by atoms with Gasteiger partial charge in [-0.15, -0.1) is 0 Å². The number of nitrogens with one attached hydrogen (secondary N) is 1. The van der Waals surface area contributed by atoms with Crippen LogP contribution in [-0.4, -0.2) is 36.1 Å². The second-order valence-corrected chi connectivity index (χ2v) is 7.33. The second kappa shape index (κ2) is 8.44. The molecule has 0 radical (unpaired) electrons. The maximum atomic E-state index is 12.5. The fourth-order valence-electron chi connectivity index (χ4n) is 3.29. The lowest BCUT2D eigenvalue weighted by Crippen LogP contribution is -2.42. The molecule has 0 saturated carbocycles. The van der Waals surface area contributed by atoms with E-state index in [0.717, 1.165) is 22.6 Å². The van der Waals surface area contributed by atoms with Crippen LogP contribution in [0.25, 0.3) is 6.08 Å². The average molecular weight is 386 g/mol. The van der Waals surface area contributed by atoms with E-state index in [1.54, 1.807) is 25.4 Å². The largest absolute Gasteiger partial charge is 0.481 e. The number of urea groups is 1. The monoisotopic (exact) mass is 385 g/mol. The van der Waals surface area contributed by atoms with Crippen molar-refractivity contribution in [3.8, 4) is 5.88 Å². The summed E-state index contributed by atoms with van der Waals surface area (Å²) in [6.45, 7) is 5.56. The predicted octanol–water partition coefficient (Wildman–Crippen LogP) is 5.01. The lowest BCUT2D eigenvalue weighted by molar-refractivity contribution is 0.198. The minimum Gasteiger partial charge on any atom is -0.481 e. The molecule has 1 unspecified atom stereocenters. The first kappa shape index (κ1) is 19.2. The smallest absolute Gasteiger partial charge is 0.321 e. The lowest BCUT2D eigenvalue weighted by Gasteiger charge is -2.33. The van der Waals surface area contributed by atoms with E-state index in [1.165, 1.54) is 5.57 Å². The Kier molecular flexibility index (Phi) is 6.01. The quantitative estimate of drug-likeness (QED) is 0.807. The Balaban J connectivity index is 1.63. The van der Waals surface area contributed by atoms with Crippen LogP contribution in [0, 0.1) is 12.8 Å². The molecule has 1 aromatic heterocycles. The minimum atomic E-state index is -0.105. The van der Waals surface area contributed by atoms with Gasteiger partial charge in [-0.3, -0.25) is 0 Å². The molecule has 0 spiro atoms. The van der Waals surface area contributed by atoms with Crippen LogP contribution in [0.4, 0.5) is 10.5 Å². The number of anilines is 1. The number of hydrogen-bond donors (Lipinski definition) is 1. The number of pyridine rings is 1. The van der Waals surface area contributed by atoms with Crippen LogP contribution in [0.1, 0.15) is 24.5 Å². The first-order chi connectivity index (χ1) is 12.9. The highest BCUT2D eigenvalue weighted by Crippen LogP contribution is 2.27. The van der Waals surface area contributed by atoms with Crippen molar-refractivity contribution in [3.05, 3.63) is 58.3 Å². The van der Waals surface area contributed by atoms with Crippen molar-refractivity contribution < 1.29 is 9.53 Å². The average Bonchev–Trinajstić information content (AvgIpc) is 2.63. The Hall–Kier alpha value is -2.53. The van der Waals surface area contributed by atoms with Crippen molar-refractivity contribution in [3.63, 3.8) is 0 Å². The van der Waals surface area contributed by atoms with Crippen LogP contribution in [0.5, 0.6) is 5.88 Å². The van der Waals surface area contributed by atoms with Gasteiger partial charge in [0.15, 0.2) is 0 Å². The van der Waals surface area contributed by atoms with Crippen molar-refractivity contribution in [1.82, 2.24) is 9.88 Å². The van der Waals surface area contributed by atoms with Crippen molar-refractivity contribution in [2.24, 2.45) is 5.92 Å². The zero-order valence-electron chi connectivity index (χ0n) is 15.8. The normalized spacial score (nSPS) is 18.4. The van der Waals surface area contributed by atoms with Gasteiger partial charge in [-0.1, -0.05) is 36.2 Å². The van der Waals surface area contributed by atoms with E-state index in [9.17, 15) is 4.79 Å². The SMILES string of the molecule is COc1ccc(NC(=O)N2CCC(=Cc3cc(C)cc(Cl)c3)C(C)C2)cn1. The van der Waals surface area contributed by atoms with Crippen molar-refractivity contribution in [2.75, 3.05) is 25.5 Å². The Bertz CT molecular complexity index is 829. The van der Waals surface area contributed by atoms with Crippen LogP contribution in [-0.2, 0) is 0 Å². The van der Waals surface area contributed by atoms with Gasteiger partial charge in [-0.25, -0.2) is 9.78 Å². The van der Waals surface area contributed by atoms with Gasteiger partial charge >= 0.3 is 6.03 Å². The number of piperidine rings is 1. The lowest BCUT2D eigenvalue weighted by atomic mass is 9.91. The van der Waals surface area contributed by atoms with E-state index in [2.05, 4.69) is 29.4 Å². The number of rotatable bonds is 3. The van der Waals surface area contributed by atoms with Crippen LogP contribution in [0.15, 0.2) is 42.1 Å². The summed E-state index contributed by atoms with van der Waals surface area (Å²) in [6.07, 6.45) is 4.64. The van der Waals surface area contributed by atoms with Crippen molar-refractivity contribution in [2.45, 2.75) is 20.3 Å². The van der Waals surface area contributed by atoms with Crippen LogP contribution >= 0.6 is 11.6 Å². The number of aromatic nitrogens is 1. The van der Waals surface area contributed by atoms with E-state index in [4.69, 9.17) is 16.3 Å². The van der Waals surface area contributed by atoms with E-state index in [-0.39, 0.29) is 11.9 Å². The molecule has 1 N–H and O–H groups in total. The number of carbonyl (C=O) groups is 1. The van der Waals surface area contributed by atoms with Gasteiger partial charge in [0.1, 0.15) is 0 Å². The molecule has 1 saturated heterocycles. The van der Waals surface area contributed by atoms with Gasteiger partial charge in [0.05, 0.1) is 19.0 Å². The van der Waals surface area contributed by atoms with Gasteiger partial charge in [-0.2, -0.15) is 0 Å². The number of ether oxygens (including phenoxy) is 1. The molecule has 0 bridgehead atoms.